The Balaban J connectivity index is 2.81. The first-order chi connectivity index (χ1) is 10.7. The monoisotopic (exact) mass is 448 g/mol. The third-order valence-corrected chi connectivity index (χ3v) is 3.97. The lowest BCUT2D eigenvalue weighted by Gasteiger charge is -2.19. The molecule has 0 aliphatic heterocycles. The summed E-state index contributed by atoms with van der Waals surface area (Å²) in [4.78, 5) is 35.5. The van der Waals surface area contributed by atoms with E-state index in [2.05, 4.69) is 37.2 Å². The van der Waals surface area contributed by atoms with Gasteiger partial charge in [-0.2, -0.15) is 0 Å². The molecule has 0 saturated carbocycles. The number of hydrogen-bond acceptors (Lipinski definition) is 4. The van der Waals surface area contributed by atoms with Crippen molar-refractivity contribution < 1.29 is 19.1 Å². The van der Waals surface area contributed by atoms with Crippen molar-refractivity contribution in [1.29, 1.82) is 0 Å². The maximum atomic E-state index is 12.3. The predicted molar refractivity (Wildman–Crippen MR) is 92.7 cm³/mol. The van der Waals surface area contributed by atoms with Crippen LogP contribution in [-0.4, -0.2) is 30.4 Å². The Bertz CT molecular complexity index is 587. The Labute approximate surface area is 151 Å². The first kappa shape index (κ1) is 19.6. The predicted octanol–water partition coefficient (Wildman–Crippen LogP) is 2.38. The van der Waals surface area contributed by atoms with Crippen LogP contribution < -0.4 is 11.1 Å². The Kier molecular flexibility index (Phi) is 7.70. The molecule has 0 radical (unpaired) electrons. The number of nitrogens with one attached hydrogen (secondary N) is 1. The molecular weight excluding hydrogens is 432 g/mol. The number of benzene rings is 1. The second-order valence-electron chi connectivity index (χ2n) is 4.98. The Hall–Kier alpha value is -1.41. The molecule has 0 heterocycles. The molecule has 0 aromatic heterocycles. The van der Waals surface area contributed by atoms with Gasteiger partial charge in [0, 0.05) is 14.5 Å². The highest BCUT2D eigenvalue weighted by atomic mass is 79.9. The summed E-state index contributed by atoms with van der Waals surface area (Å²) in [5.74, 6) is -2.14. The Morgan fingerprint density at radius 2 is 1.78 bits per heavy atom. The average Bonchev–Trinajstić information content (AvgIpc) is 2.45. The summed E-state index contributed by atoms with van der Waals surface area (Å²) in [5, 5.41) is 2.55. The van der Waals surface area contributed by atoms with Crippen LogP contribution in [0.15, 0.2) is 27.1 Å². The van der Waals surface area contributed by atoms with Crippen molar-refractivity contribution in [1.82, 2.24) is 5.32 Å². The van der Waals surface area contributed by atoms with Crippen LogP contribution in [0.2, 0.25) is 0 Å². The van der Waals surface area contributed by atoms with E-state index in [1.807, 2.05) is 0 Å². The number of amides is 2. The van der Waals surface area contributed by atoms with Crippen molar-refractivity contribution in [2.75, 3.05) is 6.61 Å². The molecular formula is C15H18Br2N2O4. The van der Waals surface area contributed by atoms with Gasteiger partial charge in [-0.25, -0.2) is 0 Å². The van der Waals surface area contributed by atoms with E-state index in [0.29, 0.717) is 14.5 Å². The summed E-state index contributed by atoms with van der Waals surface area (Å²) < 4.78 is 6.32. The number of carbonyl (C=O) groups is 3. The van der Waals surface area contributed by atoms with Crippen LogP contribution in [0.1, 0.15) is 30.6 Å². The van der Waals surface area contributed by atoms with Crippen LogP contribution in [-0.2, 0) is 14.3 Å². The van der Waals surface area contributed by atoms with Crippen LogP contribution >= 0.6 is 31.9 Å². The van der Waals surface area contributed by atoms with Gasteiger partial charge in [-0.05, 0) is 31.5 Å². The SMILES string of the molecule is CCOC(=O)[C@@H](C)C[C@H](NC(=O)c1cc(Br)cc(Br)c1)C(N)=O. The van der Waals surface area contributed by atoms with Gasteiger partial charge < -0.3 is 15.8 Å². The Morgan fingerprint density at radius 3 is 2.26 bits per heavy atom. The van der Waals surface area contributed by atoms with Gasteiger partial charge in [0.25, 0.3) is 5.91 Å². The molecule has 0 bridgehead atoms. The third kappa shape index (κ3) is 6.31. The molecule has 1 aromatic rings. The second kappa shape index (κ2) is 9.02. The van der Waals surface area contributed by atoms with E-state index in [4.69, 9.17) is 10.5 Å². The topological polar surface area (TPSA) is 98.5 Å². The fourth-order valence-corrected chi connectivity index (χ4v) is 3.20. The number of hydrogen-bond donors (Lipinski definition) is 2. The number of nitrogens with two attached hydrogens (primary N) is 1. The second-order valence-corrected chi connectivity index (χ2v) is 6.81. The van der Waals surface area contributed by atoms with Crippen LogP contribution in [0.4, 0.5) is 0 Å². The minimum atomic E-state index is -0.959. The van der Waals surface area contributed by atoms with E-state index in [-0.39, 0.29) is 13.0 Å². The molecule has 6 nitrogen and oxygen atoms in total. The third-order valence-electron chi connectivity index (χ3n) is 3.05. The van der Waals surface area contributed by atoms with Crippen LogP contribution in [0, 0.1) is 5.92 Å². The smallest absolute Gasteiger partial charge is 0.308 e. The van der Waals surface area contributed by atoms with Crippen LogP contribution in [0.5, 0.6) is 0 Å². The summed E-state index contributed by atoms with van der Waals surface area (Å²) in [6, 6.07) is 4.06. The average molecular weight is 450 g/mol. The molecule has 0 unspecified atom stereocenters. The molecule has 1 rings (SSSR count). The first-order valence-electron chi connectivity index (χ1n) is 6.97. The highest BCUT2D eigenvalue weighted by Crippen LogP contribution is 2.20. The van der Waals surface area contributed by atoms with Gasteiger partial charge >= 0.3 is 5.97 Å². The minimum absolute atomic E-state index is 0.0785. The fourth-order valence-electron chi connectivity index (χ4n) is 1.91. The van der Waals surface area contributed by atoms with E-state index >= 15 is 0 Å². The zero-order valence-corrected chi connectivity index (χ0v) is 15.9. The number of carbonyl (C=O) groups excluding carboxylic acids is 3. The van der Waals surface area contributed by atoms with Crippen molar-refractivity contribution in [2.24, 2.45) is 11.7 Å². The maximum absolute atomic E-state index is 12.3. The summed E-state index contributed by atoms with van der Waals surface area (Å²) >= 11 is 6.58. The lowest BCUT2D eigenvalue weighted by molar-refractivity contribution is -0.147. The molecule has 0 aliphatic rings. The number of ether oxygens (including phenoxy) is 1. The first-order valence-corrected chi connectivity index (χ1v) is 8.56. The quantitative estimate of drug-likeness (QED) is 0.624. The van der Waals surface area contributed by atoms with Gasteiger partial charge in [-0.3, -0.25) is 14.4 Å². The molecule has 23 heavy (non-hydrogen) atoms. The lowest BCUT2D eigenvalue weighted by Crippen LogP contribution is -2.46. The molecule has 0 spiro atoms. The van der Waals surface area contributed by atoms with E-state index in [1.165, 1.54) is 0 Å². The number of rotatable bonds is 7. The Morgan fingerprint density at radius 1 is 1.22 bits per heavy atom. The van der Waals surface area contributed by atoms with Gasteiger partial charge in [-0.15, -0.1) is 0 Å². The fraction of sp³-hybridized carbons (Fsp3) is 0.400. The van der Waals surface area contributed by atoms with Gasteiger partial charge in [0.2, 0.25) is 5.91 Å². The van der Waals surface area contributed by atoms with Gasteiger partial charge in [0.05, 0.1) is 12.5 Å². The molecule has 126 valence electrons. The molecule has 8 heteroatoms. The highest BCUT2D eigenvalue weighted by Gasteiger charge is 2.25. The van der Waals surface area contributed by atoms with Crippen molar-refractivity contribution in [3.63, 3.8) is 0 Å². The van der Waals surface area contributed by atoms with Crippen molar-refractivity contribution >= 4 is 49.6 Å². The van der Waals surface area contributed by atoms with E-state index in [9.17, 15) is 14.4 Å². The summed E-state index contributed by atoms with van der Waals surface area (Å²) in [6.07, 6.45) is 0.0785. The van der Waals surface area contributed by atoms with Gasteiger partial charge in [0.1, 0.15) is 6.04 Å². The van der Waals surface area contributed by atoms with Gasteiger partial charge in [0.15, 0.2) is 0 Å². The van der Waals surface area contributed by atoms with Crippen LogP contribution in [0.25, 0.3) is 0 Å². The summed E-state index contributed by atoms with van der Waals surface area (Å²) in [6.45, 7) is 3.57. The molecule has 2 amide bonds. The van der Waals surface area contributed by atoms with Crippen molar-refractivity contribution in [3.8, 4) is 0 Å². The molecule has 2 atom stereocenters. The zero-order chi connectivity index (χ0) is 17.6. The lowest BCUT2D eigenvalue weighted by atomic mass is 10.0. The number of primary amides is 1. The summed E-state index contributed by atoms with van der Waals surface area (Å²) in [5.41, 5.74) is 5.68. The van der Waals surface area contributed by atoms with E-state index in [0.717, 1.165) is 0 Å². The highest BCUT2D eigenvalue weighted by molar-refractivity contribution is 9.11. The normalized spacial score (nSPS) is 13.0. The molecule has 3 N–H and O–H groups in total. The van der Waals surface area contributed by atoms with Gasteiger partial charge in [-0.1, -0.05) is 38.8 Å². The van der Waals surface area contributed by atoms with Crippen molar-refractivity contribution in [2.45, 2.75) is 26.3 Å². The maximum Gasteiger partial charge on any atom is 0.308 e. The largest absolute Gasteiger partial charge is 0.466 e. The van der Waals surface area contributed by atoms with E-state index in [1.54, 1.807) is 32.0 Å². The number of esters is 1. The zero-order valence-electron chi connectivity index (χ0n) is 12.8. The number of halogens is 2. The summed E-state index contributed by atoms with van der Waals surface area (Å²) in [7, 11) is 0. The van der Waals surface area contributed by atoms with Crippen LogP contribution in [0.3, 0.4) is 0 Å². The molecule has 0 aliphatic carbocycles. The molecule has 1 aromatic carbocycles. The van der Waals surface area contributed by atoms with Crippen molar-refractivity contribution in [3.05, 3.63) is 32.7 Å². The standard InChI is InChI=1S/C15H18Br2N2O4/c1-3-23-15(22)8(2)4-12(13(18)20)19-14(21)9-5-10(16)7-11(17)6-9/h5-8,12H,3-4H2,1-2H3,(H2,18,20)(H,19,21)/t8-,12-/m0/s1. The molecule has 0 saturated heterocycles. The molecule has 0 fully saturated rings. The minimum Gasteiger partial charge on any atom is -0.466 e. The van der Waals surface area contributed by atoms with E-state index < -0.39 is 29.7 Å².